The fourth-order valence-corrected chi connectivity index (χ4v) is 2.96. The average molecular weight is 417 g/mol. The van der Waals surface area contributed by atoms with Crippen LogP contribution in [0.25, 0.3) is 0 Å². The minimum absolute atomic E-state index is 0.0330. The Hall–Kier alpha value is -2.99. The highest BCUT2D eigenvalue weighted by molar-refractivity contribution is 7.17. The molecule has 2 aromatic carbocycles. The molecule has 0 saturated carbocycles. The number of aromatic nitrogens is 1. The Labute approximate surface area is 168 Å². The number of anilines is 1. The summed E-state index contributed by atoms with van der Waals surface area (Å²) in [5.74, 6) is -0.355. The van der Waals surface area contributed by atoms with Crippen LogP contribution in [0.15, 0.2) is 63.9 Å². The van der Waals surface area contributed by atoms with Gasteiger partial charge in [-0.15, -0.1) is 10.2 Å². The van der Waals surface area contributed by atoms with Crippen LogP contribution in [0.3, 0.4) is 0 Å². The molecule has 1 heterocycles. The predicted octanol–water partition coefficient (Wildman–Crippen LogP) is 5.91. The van der Waals surface area contributed by atoms with Crippen LogP contribution in [0.5, 0.6) is 5.88 Å². The maximum absolute atomic E-state index is 9.96. The summed E-state index contributed by atoms with van der Waals surface area (Å²) in [5, 5.41) is 32.4. The fraction of sp³-hybridized carbons (Fsp3) is 0. The number of nitrogens with one attached hydrogen (secondary N) is 1. The number of thiazole rings is 1. The molecule has 0 aliphatic rings. The first-order chi connectivity index (χ1) is 13.1. The van der Waals surface area contributed by atoms with E-state index in [9.17, 15) is 10.4 Å². The highest BCUT2D eigenvalue weighted by atomic mass is 35.5. The minimum atomic E-state index is -0.355. The van der Waals surface area contributed by atoms with Crippen LogP contribution in [-0.4, -0.2) is 15.8 Å². The summed E-state index contributed by atoms with van der Waals surface area (Å²) in [6, 6.07) is 15.8. The highest BCUT2D eigenvalue weighted by Crippen LogP contribution is 2.35. The zero-order chi connectivity index (χ0) is 19.2. The van der Waals surface area contributed by atoms with Gasteiger partial charge >= 0.3 is 0 Å². The highest BCUT2D eigenvalue weighted by Gasteiger charge is 2.15. The SMILES string of the molecule is N#C/C(=N/Nc1ccccc1Cl)c1nc(O)c(N=Nc2ccccc2Cl)s1. The van der Waals surface area contributed by atoms with Gasteiger partial charge in [0, 0.05) is 0 Å². The van der Waals surface area contributed by atoms with Crippen molar-refractivity contribution in [3.05, 3.63) is 63.6 Å². The lowest BCUT2D eigenvalue weighted by atomic mass is 10.3. The number of hydrogen-bond donors (Lipinski definition) is 2. The third kappa shape index (κ3) is 4.60. The van der Waals surface area contributed by atoms with Crippen molar-refractivity contribution in [1.82, 2.24) is 4.98 Å². The molecule has 0 bridgehead atoms. The standard InChI is InChI=1S/C17H10Cl2N6OS/c18-10-5-1-3-7-12(10)22-24-14(9-20)16-21-15(26)17(27-16)25-23-13-8-4-2-6-11(13)19/h1-8,22,26H/b24-14-,25-23?. The second kappa shape index (κ2) is 8.60. The molecule has 3 rings (SSSR count). The molecule has 0 atom stereocenters. The van der Waals surface area contributed by atoms with Gasteiger partial charge < -0.3 is 5.11 Å². The van der Waals surface area contributed by atoms with Gasteiger partial charge in [-0.2, -0.15) is 15.3 Å². The molecular weight excluding hydrogens is 407 g/mol. The third-order valence-corrected chi connectivity index (χ3v) is 4.75. The summed E-state index contributed by atoms with van der Waals surface area (Å²) in [6.07, 6.45) is 0. The Morgan fingerprint density at radius 1 is 1.07 bits per heavy atom. The van der Waals surface area contributed by atoms with Gasteiger partial charge in [0.2, 0.25) is 5.00 Å². The van der Waals surface area contributed by atoms with Gasteiger partial charge in [0.15, 0.2) is 10.7 Å². The number of hydrogen-bond acceptors (Lipinski definition) is 8. The second-order valence-corrected chi connectivity index (χ2v) is 6.75. The zero-order valence-corrected chi connectivity index (χ0v) is 15.8. The lowest BCUT2D eigenvalue weighted by Crippen LogP contribution is -2.01. The summed E-state index contributed by atoms with van der Waals surface area (Å²) in [5.41, 5.74) is 3.65. The van der Waals surface area contributed by atoms with Crippen LogP contribution in [-0.2, 0) is 0 Å². The monoisotopic (exact) mass is 416 g/mol. The first-order valence-corrected chi connectivity index (χ1v) is 9.00. The first kappa shape index (κ1) is 18.8. The molecule has 0 aliphatic carbocycles. The Morgan fingerprint density at radius 3 is 2.48 bits per heavy atom. The number of nitriles is 1. The van der Waals surface area contributed by atoms with E-state index in [4.69, 9.17) is 23.2 Å². The number of hydrazone groups is 1. The number of benzene rings is 2. The lowest BCUT2D eigenvalue weighted by Gasteiger charge is -2.02. The van der Waals surface area contributed by atoms with Crippen molar-refractivity contribution in [3.8, 4) is 11.9 Å². The normalized spacial score (nSPS) is 11.5. The molecule has 10 heteroatoms. The van der Waals surface area contributed by atoms with Crippen molar-refractivity contribution in [2.45, 2.75) is 0 Å². The molecule has 0 spiro atoms. The topological polar surface area (TPSA) is 106 Å². The van der Waals surface area contributed by atoms with E-state index in [1.165, 1.54) is 0 Å². The second-order valence-electron chi connectivity index (χ2n) is 4.96. The molecule has 3 aromatic rings. The summed E-state index contributed by atoms with van der Waals surface area (Å²) in [6.45, 7) is 0. The van der Waals surface area contributed by atoms with Crippen LogP contribution in [0.1, 0.15) is 5.01 Å². The number of rotatable bonds is 5. The van der Waals surface area contributed by atoms with E-state index in [1.54, 1.807) is 48.5 Å². The molecule has 1 aromatic heterocycles. The third-order valence-electron chi connectivity index (χ3n) is 3.16. The number of nitrogens with zero attached hydrogens (tertiary/aromatic N) is 5. The van der Waals surface area contributed by atoms with E-state index in [1.807, 2.05) is 6.07 Å². The zero-order valence-electron chi connectivity index (χ0n) is 13.5. The Kier molecular flexibility index (Phi) is 5.98. The quantitative estimate of drug-likeness (QED) is 0.306. The van der Waals surface area contributed by atoms with E-state index in [0.29, 0.717) is 21.4 Å². The van der Waals surface area contributed by atoms with E-state index in [2.05, 4.69) is 25.7 Å². The van der Waals surface area contributed by atoms with Crippen molar-refractivity contribution in [2.75, 3.05) is 5.43 Å². The van der Waals surface area contributed by atoms with E-state index >= 15 is 0 Å². The van der Waals surface area contributed by atoms with Gasteiger partial charge in [-0.05, 0) is 24.3 Å². The molecule has 0 aliphatic heterocycles. The van der Waals surface area contributed by atoms with Crippen molar-refractivity contribution in [3.63, 3.8) is 0 Å². The number of halogens is 2. The van der Waals surface area contributed by atoms with Crippen molar-refractivity contribution < 1.29 is 5.11 Å². The molecule has 2 N–H and O–H groups in total. The van der Waals surface area contributed by atoms with Crippen molar-refractivity contribution in [2.24, 2.45) is 15.3 Å². The Bertz CT molecular complexity index is 1070. The first-order valence-electron chi connectivity index (χ1n) is 7.43. The van der Waals surface area contributed by atoms with E-state index in [-0.39, 0.29) is 21.6 Å². The van der Waals surface area contributed by atoms with Gasteiger partial charge in [0.05, 0.1) is 15.7 Å². The van der Waals surface area contributed by atoms with Crippen LogP contribution in [0.4, 0.5) is 16.4 Å². The maximum Gasteiger partial charge on any atom is 0.251 e. The number of aromatic hydroxyl groups is 1. The predicted molar refractivity (Wildman–Crippen MR) is 107 cm³/mol. The molecule has 0 amide bonds. The van der Waals surface area contributed by atoms with Crippen molar-refractivity contribution >= 4 is 56.6 Å². The number of azo groups is 1. The van der Waals surface area contributed by atoms with E-state index < -0.39 is 0 Å². The van der Waals surface area contributed by atoms with Gasteiger partial charge in [0.1, 0.15) is 11.8 Å². The van der Waals surface area contributed by atoms with Crippen LogP contribution in [0.2, 0.25) is 10.0 Å². The Balaban J connectivity index is 1.84. The van der Waals surface area contributed by atoms with E-state index in [0.717, 1.165) is 11.3 Å². The molecule has 7 nitrogen and oxygen atoms in total. The molecule has 0 unspecified atom stereocenters. The maximum atomic E-state index is 9.96. The Morgan fingerprint density at radius 2 is 1.78 bits per heavy atom. The minimum Gasteiger partial charge on any atom is -0.491 e. The van der Waals surface area contributed by atoms with Crippen LogP contribution >= 0.6 is 34.5 Å². The fourth-order valence-electron chi connectivity index (χ4n) is 1.89. The largest absolute Gasteiger partial charge is 0.491 e. The summed E-state index contributed by atoms with van der Waals surface area (Å²) in [4.78, 5) is 3.91. The van der Waals surface area contributed by atoms with Gasteiger partial charge in [-0.25, -0.2) is 0 Å². The summed E-state index contributed by atoms with van der Waals surface area (Å²) >= 11 is 13.0. The molecule has 27 heavy (non-hydrogen) atoms. The molecular formula is C17H10Cl2N6OS. The molecule has 0 radical (unpaired) electrons. The van der Waals surface area contributed by atoms with Gasteiger partial charge in [-0.3, -0.25) is 5.43 Å². The average Bonchev–Trinajstić information content (AvgIpc) is 3.03. The summed E-state index contributed by atoms with van der Waals surface area (Å²) < 4.78 is 0. The lowest BCUT2D eigenvalue weighted by molar-refractivity contribution is 0.458. The smallest absolute Gasteiger partial charge is 0.251 e. The molecule has 0 fully saturated rings. The summed E-state index contributed by atoms with van der Waals surface area (Å²) in [7, 11) is 0. The van der Waals surface area contributed by atoms with Crippen LogP contribution < -0.4 is 5.43 Å². The van der Waals surface area contributed by atoms with Crippen molar-refractivity contribution in [1.29, 1.82) is 5.26 Å². The number of para-hydroxylation sites is 1. The van der Waals surface area contributed by atoms with Gasteiger partial charge in [-0.1, -0.05) is 58.8 Å². The van der Waals surface area contributed by atoms with Gasteiger partial charge in [0.25, 0.3) is 5.88 Å². The van der Waals surface area contributed by atoms with Crippen LogP contribution in [0, 0.1) is 11.3 Å². The molecule has 0 saturated heterocycles. The molecule has 134 valence electrons.